The van der Waals surface area contributed by atoms with Gasteiger partial charge in [0.15, 0.2) is 0 Å². The van der Waals surface area contributed by atoms with E-state index in [-0.39, 0.29) is 13.2 Å². The summed E-state index contributed by atoms with van der Waals surface area (Å²) in [6, 6.07) is 9.18. The Labute approximate surface area is 119 Å². The molecule has 0 aromatic heterocycles. The molecule has 0 atom stereocenters. The van der Waals surface area contributed by atoms with E-state index in [2.05, 4.69) is 4.99 Å². The van der Waals surface area contributed by atoms with Gasteiger partial charge in [-0.05, 0) is 34.4 Å². The minimum Gasteiger partial charge on any atom is -0.392 e. The van der Waals surface area contributed by atoms with Gasteiger partial charge < -0.3 is 5.11 Å². The van der Waals surface area contributed by atoms with Gasteiger partial charge in [0, 0.05) is 11.8 Å². The van der Waals surface area contributed by atoms with Gasteiger partial charge in [0.1, 0.15) is 0 Å². The fraction of sp³-hybridized carbons (Fsp3) is 0.188. The molecule has 2 aromatic carbocycles. The van der Waals surface area contributed by atoms with Crippen molar-refractivity contribution in [2.24, 2.45) is 4.99 Å². The van der Waals surface area contributed by atoms with E-state index in [4.69, 9.17) is 0 Å². The summed E-state index contributed by atoms with van der Waals surface area (Å²) in [4.78, 5) is 4.06. The topological polar surface area (TPSA) is 32.6 Å². The average Bonchev–Trinajstić information content (AvgIpc) is 2.93. The second-order valence-corrected chi connectivity index (χ2v) is 4.88. The van der Waals surface area contributed by atoms with Crippen LogP contribution in [0, 0.1) is 0 Å². The lowest BCUT2D eigenvalue weighted by Gasteiger charge is -2.15. The Hall–Kier alpha value is -2.14. The van der Waals surface area contributed by atoms with Crippen LogP contribution in [0.25, 0.3) is 11.1 Å². The summed E-state index contributed by atoms with van der Waals surface area (Å²) < 4.78 is 39.1. The van der Waals surface area contributed by atoms with E-state index < -0.39 is 11.7 Å². The average molecular weight is 291 g/mol. The lowest BCUT2D eigenvalue weighted by molar-refractivity contribution is -0.137. The second kappa shape index (κ2) is 5.00. The zero-order valence-corrected chi connectivity index (χ0v) is 11.0. The van der Waals surface area contributed by atoms with Crippen molar-refractivity contribution in [1.82, 2.24) is 0 Å². The van der Waals surface area contributed by atoms with E-state index in [1.165, 1.54) is 0 Å². The normalized spacial score (nSPS) is 13.5. The van der Waals surface area contributed by atoms with Crippen LogP contribution in [-0.4, -0.2) is 11.3 Å². The third-order valence-electron chi connectivity index (χ3n) is 3.55. The summed E-state index contributed by atoms with van der Waals surface area (Å²) in [5, 5.41) is 9.40. The lowest BCUT2D eigenvalue weighted by atomic mass is 9.91. The van der Waals surface area contributed by atoms with Crippen LogP contribution in [0.4, 0.5) is 13.2 Å². The molecule has 2 nitrogen and oxygen atoms in total. The molecule has 0 radical (unpaired) electrons. The third-order valence-corrected chi connectivity index (χ3v) is 3.55. The van der Waals surface area contributed by atoms with E-state index in [1.54, 1.807) is 30.5 Å². The fourth-order valence-electron chi connectivity index (χ4n) is 2.54. The fourth-order valence-corrected chi connectivity index (χ4v) is 2.54. The SMILES string of the molecule is OCc1ccccc1-c1cc(C(F)(F)F)cc2c1C=NC2. The Kier molecular flexibility index (Phi) is 3.29. The largest absolute Gasteiger partial charge is 0.416 e. The van der Waals surface area contributed by atoms with E-state index in [0.717, 1.165) is 12.1 Å². The molecular weight excluding hydrogens is 279 g/mol. The number of aliphatic hydroxyl groups excluding tert-OH is 1. The summed E-state index contributed by atoms with van der Waals surface area (Å²) in [7, 11) is 0. The summed E-state index contributed by atoms with van der Waals surface area (Å²) in [6.07, 6.45) is -2.81. The Morgan fingerprint density at radius 1 is 1.10 bits per heavy atom. The predicted molar refractivity (Wildman–Crippen MR) is 74.1 cm³/mol. The number of alkyl halides is 3. The molecule has 0 amide bonds. The van der Waals surface area contributed by atoms with Crippen LogP contribution in [0.15, 0.2) is 41.4 Å². The van der Waals surface area contributed by atoms with Crippen LogP contribution in [-0.2, 0) is 19.3 Å². The van der Waals surface area contributed by atoms with Crippen molar-refractivity contribution in [2.45, 2.75) is 19.3 Å². The van der Waals surface area contributed by atoms with Crippen LogP contribution >= 0.6 is 0 Å². The molecule has 108 valence electrons. The molecule has 3 rings (SSSR count). The highest BCUT2D eigenvalue weighted by Gasteiger charge is 2.32. The van der Waals surface area contributed by atoms with Crippen LogP contribution in [0.5, 0.6) is 0 Å². The molecule has 21 heavy (non-hydrogen) atoms. The van der Waals surface area contributed by atoms with Gasteiger partial charge in [0.2, 0.25) is 0 Å². The van der Waals surface area contributed by atoms with Gasteiger partial charge in [0.05, 0.1) is 18.7 Å². The molecule has 0 fully saturated rings. The smallest absolute Gasteiger partial charge is 0.392 e. The lowest BCUT2D eigenvalue weighted by Crippen LogP contribution is -2.07. The van der Waals surface area contributed by atoms with Gasteiger partial charge in [-0.2, -0.15) is 13.2 Å². The minimum atomic E-state index is -4.40. The zero-order valence-electron chi connectivity index (χ0n) is 11.0. The summed E-state index contributed by atoms with van der Waals surface area (Å²) >= 11 is 0. The molecule has 0 unspecified atom stereocenters. The Balaban J connectivity index is 2.26. The highest BCUT2D eigenvalue weighted by Crippen LogP contribution is 2.38. The Bertz CT molecular complexity index is 720. The van der Waals surface area contributed by atoms with E-state index in [9.17, 15) is 18.3 Å². The van der Waals surface area contributed by atoms with Gasteiger partial charge in [0.25, 0.3) is 0 Å². The molecule has 1 N–H and O–H groups in total. The summed E-state index contributed by atoms with van der Waals surface area (Å²) in [5.74, 6) is 0. The van der Waals surface area contributed by atoms with E-state index in [0.29, 0.717) is 27.8 Å². The second-order valence-electron chi connectivity index (χ2n) is 4.88. The van der Waals surface area contributed by atoms with Crippen molar-refractivity contribution in [2.75, 3.05) is 0 Å². The number of halogens is 3. The molecule has 0 spiro atoms. The number of hydrogen-bond donors (Lipinski definition) is 1. The third kappa shape index (κ3) is 2.45. The molecule has 1 aliphatic heterocycles. The predicted octanol–water partition coefficient (Wildman–Crippen LogP) is 3.80. The number of fused-ring (bicyclic) bond motifs is 1. The summed E-state index contributed by atoms with van der Waals surface area (Å²) in [6.45, 7) is 0.0336. The molecular formula is C16H12F3NO. The molecule has 0 saturated heterocycles. The van der Waals surface area contributed by atoms with Crippen molar-refractivity contribution < 1.29 is 18.3 Å². The molecule has 1 aliphatic rings. The van der Waals surface area contributed by atoms with Gasteiger partial charge in [-0.15, -0.1) is 0 Å². The number of benzene rings is 2. The first-order chi connectivity index (χ1) is 10.0. The molecule has 0 saturated carbocycles. The first-order valence-electron chi connectivity index (χ1n) is 6.44. The minimum absolute atomic E-state index is 0.224. The number of hydrogen-bond acceptors (Lipinski definition) is 2. The van der Waals surface area contributed by atoms with Crippen LogP contribution in [0.3, 0.4) is 0 Å². The van der Waals surface area contributed by atoms with Crippen molar-refractivity contribution >= 4 is 6.21 Å². The van der Waals surface area contributed by atoms with Gasteiger partial charge >= 0.3 is 6.18 Å². The van der Waals surface area contributed by atoms with Crippen molar-refractivity contribution in [3.63, 3.8) is 0 Å². The van der Waals surface area contributed by atoms with Crippen LogP contribution < -0.4 is 0 Å². The van der Waals surface area contributed by atoms with Crippen molar-refractivity contribution in [3.8, 4) is 11.1 Å². The van der Waals surface area contributed by atoms with Crippen LogP contribution in [0.2, 0.25) is 0 Å². The quantitative estimate of drug-likeness (QED) is 0.897. The van der Waals surface area contributed by atoms with E-state index >= 15 is 0 Å². The van der Waals surface area contributed by atoms with Crippen molar-refractivity contribution in [3.05, 3.63) is 58.7 Å². The van der Waals surface area contributed by atoms with Gasteiger partial charge in [-0.3, -0.25) is 4.99 Å². The van der Waals surface area contributed by atoms with Gasteiger partial charge in [-0.1, -0.05) is 24.3 Å². The molecule has 0 aliphatic carbocycles. The maximum absolute atomic E-state index is 13.0. The first-order valence-corrected chi connectivity index (χ1v) is 6.44. The summed E-state index contributed by atoms with van der Waals surface area (Å²) in [5.41, 5.74) is 2.24. The first kappa shape index (κ1) is 13.8. The highest BCUT2D eigenvalue weighted by atomic mass is 19.4. The molecule has 0 bridgehead atoms. The zero-order chi connectivity index (χ0) is 15.0. The van der Waals surface area contributed by atoms with Crippen molar-refractivity contribution in [1.29, 1.82) is 0 Å². The number of nitrogens with zero attached hydrogens (tertiary/aromatic N) is 1. The Morgan fingerprint density at radius 2 is 1.86 bits per heavy atom. The molecule has 2 aromatic rings. The molecule has 1 heterocycles. The maximum Gasteiger partial charge on any atom is 0.416 e. The number of rotatable bonds is 2. The van der Waals surface area contributed by atoms with Gasteiger partial charge in [-0.25, -0.2) is 0 Å². The maximum atomic E-state index is 13.0. The monoisotopic (exact) mass is 291 g/mol. The number of aliphatic hydroxyl groups is 1. The van der Waals surface area contributed by atoms with Crippen LogP contribution in [0.1, 0.15) is 22.3 Å². The number of aliphatic imine (C=N–C) groups is 1. The molecule has 5 heteroatoms. The van der Waals surface area contributed by atoms with E-state index in [1.807, 2.05) is 0 Å². The highest BCUT2D eigenvalue weighted by molar-refractivity contribution is 5.95. The standard InChI is InChI=1S/C16H12F3NO/c17-16(18,19)12-5-11-7-20-8-15(11)14(6-12)13-4-2-1-3-10(13)9-21/h1-6,8,21H,7,9H2. The Morgan fingerprint density at radius 3 is 2.57 bits per heavy atom.